The average Bonchev–Trinajstić information content (AvgIpc) is 3.04. The molecule has 1 unspecified atom stereocenters. The molecule has 21 heavy (non-hydrogen) atoms. The molecule has 1 amide bonds. The number of fused-ring (bicyclic) bond motifs is 1. The molecule has 3 aromatic rings. The van der Waals surface area contributed by atoms with E-state index in [9.17, 15) is 4.79 Å². The lowest BCUT2D eigenvalue weighted by molar-refractivity contribution is 0.0908. The fourth-order valence-electron chi connectivity index (χ4n) is 2.32. The monoisotopic (exact) mass is 347 g/mol. The lowest BCUT2D eigenvalue weighted by atomic mass is 10.3. The van der Waals surface area contributed by atoms with E-state index in [1.165, 1.54) is 0 Å². The van der Waals surface area contributed by atoms with E-state index < -0.39 is 0 Å². The number of carbonyl (C=O) groups excluding carboxylic acids is 1. The number of amides is 1. The van der Waals surface area contributed by atoms with Crippen molar-refractivity contribution in [3.05, 3.63) is 52.7 Å². The van der Waals surface area contributed by atoms with E-state index in [0.29, 0.717) is 4.67 Å². The molecule has 0 saturated carbocycles. The summed E-state index contributed by atoms with van der Waals surface area (Å²) >= 11 is 3.18. The molecule has 0 bridgehead atoms. The van der Waals surface area contributed by atoms with Gasteiger partial charge in [-0.1, -0.05) is 12.1 Å². The number of rotatable bonds is 3. The molecule has 0 aliphatic heterocycles. The first-order valence-corrected chi connectivity index (χ1v) is 7.33. The molecule has 0 saturated heterocycles. The molecule has 0 aliphatic carbocycles. The summed E-state index contributed by atoms with van der Waals surface area (Å²) in [5.74, 6) is 0.808. The van der Waals surface area contributed by atoms with Crippen LogP contribution in [0.3, 0.4) is 0 Å². The van der Waals surface area contributed by atoms with Crippen molar-refractivity contribution < 1.29 is 9.21 Å². The number of halogens is 1. The molecule has 0 radical (unpaired) electrons. The van der Waals surface area contributed by atoms with Crippen molar-refractivity contribution in [2.24, 2.45) is 7.05 Å². The van der Waals surface area contributed by atoms with E-state index in [1.54, 1.807) is 12.1 Å². The van der Waals surface area contributed by atoms with Crippen LogP contribution in [0.15, 0.2) is 45.5 Å². The molecule has 3 rings (SSSR count). The van der Waals surface area contributed by atoms with E-state index in [4.69, 9.17) is 4.42 Å². The maximum Gasteiger partial charge on any atom is 0.287 e. The Morgan fingerprint density at radius 2 is 2.10 bits per heavy atom. The van der Waals surface area contributed by atoms with Gasteiger partial charge in [0, 0.05) is 7.05 Å². The van der Waals surface area contributed by atoms with Crippen molar-refractivity contribution >= 4 is 32.9 Å². The number of nitrogens with zero attached hydrogens (tertiary/aromatic N) is 2. The van der Waals surface area contributed by atoms with Crippen LogP contribution in [0.2, 0.25) is 0 Å². The zero-order chi connectivity index (χ0) is 15.0. The third kappa shape index (κ3) is 2.58. The number of nitrogens with one attached hydrogen (secondary N) is 1. The third-order valence-electron chi connectivity index (χ3n) is 3.35. The van der Waals surface area contributed by atoms with E-state index in [1.807, 2.05) is 42.8 Å². The van der Waals surface area contributed by atoms with Crippen LogP contribution in [-0.4, -0.2) is 15.5 Å². The van der Waals surface area contributed by atoms with Crippen LogP contribution in [-0.2, 0) is 7.05 Å². The SMILES string of the molecule is CC(NC(=O)c1ccc(Br)o1)c1nc2ccccc2n1C. The van der Waals surface area contributed by atoms with E-state index in [2.05, 4.69) is 26.2 Å². The number of imidazole rings is 1. The predicted octanol–water partition coefficient (Wildman–Crippen LogP) is 3.42. The molecule has 5 nitrogen and oxygen atoms in total. The van der Waals surface area contributed by atoms with Crippen LogP contribution in [0.1, 0.15) is 29.3 Å². The van der Waals surface area contributed by atoms with Gasteiger partial charge in [0.25, 0.3) is 5.91 Å². The van der Waals surface area contributed by atoms with E-state index in [0.717, 1.165) is 16.9 Å². The Balaban J connectivity index is 1.85. The van der Waals surface area contributed by atoms with Gasteiger partial charge in [-0.3, -0.25) is 4.79 Å². The van der Waals surface area contributed by atoms with Crippen LogP contribution in [0.5, 0.6) is 0 Å². The summed E-state index contributed by atoms with van der Waals surface area (Å²) in [4.78, 5) is 16.7. The number of benzene rings is 1. The molecule has 0 fully saturated rings. The highest BCUT2D eigenvalue weighted by Crippen LogP contribution is 2.20. The minimum Gasteiger partial charge on any atom is -0.444 e. The van der Waals surface area contributed by atoms with Crippen molar-refractivity contribution in [1.82, 2.24) is 14.9 Å². The van der Waals surface area contributed by atoms with Gasteiger partial charge in [-0.2, -0.15) is 0 Å². The number of aryl methyl sites for hydroxylation is 1. The predicted molar refractivity (Wildman–Crippen MR) is 83.0 cm³/mol. The van der Waals surface area contributed by atoms with Gasteiger partial charge < -0.3 is 14.3 Å². The number of hydrogen-bond donors (Lipinski definition) is 1. The van der Waals surface area contributed by atoms with Gasteiger partial charge in [0.15, 0.2) is 10.4 Å². The molecule has 6 heteroatoms. The highest BCUT2D eigenvalue weighted by atomic mass is 79.9. The number of para-hydroxylation sites is 2. The molecule has 0 aliphatic rings. The third-order valence-corrected chi connectivity index (χ3v) is 3.78. The Hall–Kier alpha value is -2.08. The minimum atomic E-state index is -0.264. The van der Waals surface area contributed by atoms with Gasteiger partial charge in [-0.05, 0) is 47.1 Å². The second-order valence-electron chi connectivity index (χ2n) is 4.82. The van der Waals surface area contributed by atoms with Crippen LogP contribution < -0.4 is 5.32 Å². The summed E-state index contributed by atoms with van der Waals surface area (Å²) in [6.07, 6.45) is 0. The van der Waals surface area contributed by atoms with Crippen molar-refractivity contribution in [1.29, 1.82) is 0 Å². The quantitative estimate of drug-likeness (QED) is 0.789. The van der Waals surface area contributed by atoms with Crippen LogP contribution in [0, 0.1) is 0 Å². The summed E-state index contributed by atoms with van der Waals surface area (Å²) in [7, 11) is 1.94. The van der Waals surface area contributed by atoms with Gasteiger partial charge in [-0.25, -0.2) is 4.98 Å². The summed E-state index contributed by atoms with van der Waals surface area (Å²) in [5, 5.41) is 2.89. The van der Waals surface area contributed by atoms with Gasteiger partial charge in [0.1, 0.15) is 5.82 Å². The van der Waals surface area contributed by atoms with Crippen molar-refractivity contribution in [3.63, 3.8) is 0 Å². The van der Waals surface area contributed by atoms with Crippen molar-refractivity contribution in [3.8, 4) is 0 Å². The standard InChI is InChI=1S/C15H14BrN3O2/c1-9(17-15(20)12-7-8-13(16)21-12)14-18-10-5-3-4-6-11(10)19(14)2/h3-9H,1-2H3,(H,17,20). The normalized spacial score (nSPS) is 12.5. The number of furan rings is 1. The molecule has 108 valence electrons. The van der Waals surface area contributed by atoms with Crippen LogP contribution in [0.25, 0.3) is 11.0 Å². The van der Waals surface area contributed by atoms with Gasteiger partial charge >= 0.3 is 0 Å². The molecular formula is C15H14BrN3O2. The van der Waals surface area contributed by atoms with Gasteiger partial charge in [0.05, 0.1) is 17.1 Å². The summed E-state index contributed by atoms with van der Waals surface area (Å²) < 4.78 is 7.76. The lowest BCUT2D eigenvalue weighted by Crippen LogP contribution is -2.28. The van der Waals surface area contributed by atoms with E-state index in [-0.39, 0.29) is 17.7 Å². The Morgan fingerprint density at radius 3 is 2.76 bits per heavy atom. The highest BCUT2D eigenvalue weighted by Gasteiger charge is 2.18. The molecule has 1 aromatic carbocycles. The first kappa shape index (κ1) is 13.9. The van der Waals surface area contributed by atoms with Crippen molar-refractivity contribution in [2.45, 2.75) is 13.0 Å². The average molecular weight is 348 g/mol. The number of aromatic nitrogens is 2. The molecule has 2 aromatic heterocycles. The molecular weight excluding hydrogens is 334 g/mol. The molecule has 0 spiro atoms. The van der Waals surface area contributed by atoms with Crippen LogP contribution >= 0.6 is 15.9 Å². The Bertz CT molecular complexity index is 806. The zero-order valence-electron chi connectivity index (χ0n) is 11.6. The van der Waals surface area contributed by atoms with Crippen LogP contribution in [0.4, 0.5) is 0 Å². The second kappa shape index (κ2) is 5.37. The maximum absolute atomic E-state index is 12.1. The fourth-order valence-corrected chi connectivity index (χ4v) is 2.63. The largest absolute Gasteiger partial charge is 0.444 e. The Morgan fingerprint density at radius 1 is 1.33 bits per heavy atom. The smallest absolute Gasteiger partial charge is 0.287 e. The maximum atomic E-state index is 12.1. The Kier molecular flexibility index (Phi) is 3.55. The first-order chi connectivity index (χ1) is 10.1. The number of carbonyl (C=O) groups is 1. The Labute approximate surface area is 130 Å². The van der Waals surface area contributed by atoms with Crippen molar-refractivity contribution in [2.75, 3.05) is 0 Å². The second-order valence-corrected chi connectivity index (χ2v) is 5.60. The summed E-state index contributed by atoms with van der Waals surface area (Å²) in [6, 6.07) is 11.0. The molecule has 1 N–H and O–H groups in total. The summed E-state index contributed by atoms with van der Waals surface area (Å²) in [6.45, 7) is 1.90. The number of hydrogen-bond acceptors (Lipinski definition) is 3. The van der Waals surface area contributed by atoms with E-state index >= 15 is 0 Å². The molecule has 1 atom stereocenters. The zero-order valence-corrected chi connectivity index (χ0v) is 13.2. The minimum absolute atomic E-state index is 0.223. The topological polar surface area (TPSA) is 60.1 Å². The molecule has 2 heterocycles. The highest BCUT2D eigenvalue weighted by molar-refractivity contribution is 9.10. The fraction of sp³-hybridized carbons (Fsp3) is 0.200. The first-order valence-electron chi connectivity index (χ1n) is 6.54. The van der Waals surface area contributed by atoms with Gasteiger partial charge in [0.2, 0.25) is 0 Å². The summed E-state index contributed by atoms with van der Waals surface area (Å²) in [5.41, 5.74) is 1.95. The lowest BCUT2D eigenvalue weighted by Gasteiger charge is -2.12. The van der Waals surface area contributed by atoms with Gasteiger partial charge in [-0.15, -0.1) is 0 Å².